The number of nitrogens with zero attached hydrogens (tertiary/aromatic N) is 3. The van der Waals surface area contributed by atoms with Crippen molar-refractivity contribution in [1.82, 2.24) is 15.0 Å². The van der Waals surface area contributed by atoms with Gasteiger partial charge < -0.3 is 10.8 Å². The molecule has 0 aromatic carbocycles. The monoisotopic (exact) mass is 238 g/mol. The van der Waals surface area contributed by atoms with Crippen LogP contribution in [0.25, 0.3) is 0 Å². The fourth-order valence-electron chi connectivity index (χ4n) is 2.01. The number of aromatic nitrogens is 3. The lowest BCUT2D eigenvalue weighted by Gasteiger charge is -2.13. The lowest BCUT2D eigenvalue weighted by Crippen LogP contribution is -2.22. The van der Waals surface area contributed by atoms with Crippen LogP contribution in [-0.2, 0) is 6.54 Å². The van der Waals surface area contributed by atoms with Gasteiger partial charge in [0, 0.05) is 0 Å². The molecule has 1 aliphatic carbocycles. The molecule has 2 rings (SSSR count). The summed E-state index contributed by atoms with van der Waals surface area (Å²) in [6.07, 6.45) is 1.72. The highest BCUT2D eigenvalue weighted by Gasteiger charge is 2.31. The van der Waals surface area contributed by atoms with E-state index in [1.807, 2.05) is 13.8 Å². The molecule has 17 heavy (non-hydrogen) atoms. The Labute approximate surface area is 99.8 Å². The van der Waals surface area contributed by atoms with Crippen LogP contribution >= 0.6 is 0 Å². The molecule has 1 heterocycles. The summed E-state index contributed by atoms with van der Waals surface area (Å²) >= 11 is 0. The Hall–Kier alpha value is -1.43. The smallest absolute Gasteiger partial charge is 0.271 e. The van der Waals surface area contributed by atoms with E-state index in [9.17, 15) is 9.90 Å². The predicted molar refractivity (Wildman–Crippen MR) is 61.4 cm³/mol. The van der Waals surface area contributed by atoms with Crippen LogP contribution in [0.2, 0.25) is 0 Å². The Kier molecular flexibility index (Phi) is 3.15. The fourth-order valence-corrected chi connectivity index (χ4v) is 2.01. The Morgan fingerprint density at radius 3 is 2.71 bits per heavy atom. The van der Waals surface area contributed by atoms with Gasteiger partial charge in [0.05, 0.1) is 18.3 Å². The maximum absolute atomic E-state index is 11.2. The van der Waals surface area contributed by atoms with Crippen LogP contribution < -0.4 is 5.73 Å². The van der Waals surface area contributed by atoms with Crippen LogP contribution in [0.5, 0.6) is 0 Å². The van der Waals surface area contributed by atoms with Crippen molar-refractivity contribution in [2.45, 2.75) is 45.3 Å². The van der Waals surface area contributed by atoms with E-state index in [0.717, 1.165) is 12.8 Å². The molecule has 1 aromatic heterocycles. The quantitative estimate of drug-likeness (QED) is 0.770. The molecule has 0 aliphatic heterocycles. The molecule has 1 unspecified atom stereocenters. The molecule has 1 saturated carbocycles. The van der Waals surface area contributed by atoms with Gasteiger partial charge in [0.1, 0.15) is 0 Å². The first-order valence-electron chi connectivity index (χ1n) is 5.92. The molecular formula is C11H18N4O2. The normalized spacial score (nSPS) is 17.4. The van der Waals surface area contributed by atoms with Crippen molar-refractivity contribution >= 4 is 5.91 Å². The molecule has 0 saturated heterocycles. The van der Waals surface area contributed by atoms with E-state index >= 15 is 0 Å². The van der Waals surface area contributed by atoms with Crippen LogP contribution in [0, 0.1) is 5.92 Å². The van der Waals surface area contributed by atoms with Crippen LogP contribution in [-0.4, -0.2) is 32.1 Å². The summed E-state index contributed by atoms with van der Waals surface area (Å²) in [5.74, 6) is -0.101. The zero-order valence-corrected chi connectivity index (χ0v) is 10.1. The standard InChI is InChI=1S/C11H18N4O2/c1-6(2)10-9(11(12)17)13-14-15(10)5-8(16)7-3-4-7/h6-8,16H,3-5H2,1-2H3,(H2,12,17). The summed E-state index contributed by atoms with van der Waals surface area (Å²) in [4.78, 5) is 11.2. The predicted octanol–water partition coefficient (Wildman–Crippen LogP) is 0.271. The second-order valence-electron chi connectivity index (χ2n) is 4.93. The molecule has 1 fully saturated rings. The Morgan fingerprint density at radius 2 is 2.24 bits per heavy atom. The topological polar surface area (TPSA) is 94.0 Å². The summed E-state index contributed by atoms with van der Waals surface area (Å²) in [6, 6.07) is 0. The van der Waals surface area contributed by atoms with Crippen molar-refractivity contribution in [2.24, 2.45) is 11.7 Å². The Balaban J connectivity index is 2.23. The second-order valence-corrected chi connectivity index (χ2v) is 4.93. The number of amides is 1. The van der Waals surface area contributed by atoms with E-state index in [0.29, 0.717) is 18.2 Å². The van der Waals surface area contributed by atoms with E-state index < -0.39 is 12.0 Å². The third kappa shape index (κ3) is 2.46. The Bertz CT molecular complexity index is 423. The van der Waals surface area contributed by atoms with E-state index in [4.69, 9.17) is 5.73 Å². The molecule has 1 amide bonds. The lowest BCUT2D eigenvalue weighted by atomic mass is 10.1. The summed E-state index contributed by atoms with van der Waals surface area (Å²) in [5.41, 5.74) is 6.17. The number of carbonyl (C=O) groups excluding carboxylic acids is 1. The molecule has 0 radical (unpaired) electrons. The summed E-state index contributed by atoms with van der Waals surface area (Å²) in [5, 5.41) is 17.6. The first-order valence-corrected chi connectivity index (χ1v) is 5.92. The third-order valence-electron chi connectivity index (χ3n) is 3.08. The molecule has 0 spiro atoms. The first-order chi connectivity index (χ1) is 8.00. The fraction of sp³-hybridized carbons (Fsp3) is 0.727. The van der Waals surface area contributed by atoms with E-state index in [2.05, 4.69) is 10.3 Å². The average molecular weight is 238 g/mol. The van der Waals surface area contributed by atoms with E-state index in [1.165, 1.54) is 0 Å². The molecule has 1 aromatic rings. The van der Waals surface area contributed by atoms with Gasteiger partial charge in [-0.05, 0) is 24.7 Å². The van der Waals surface area contributed by atoms with Crippen LogP contribution in [0.3, 0.4) is 0 Å². The van der Waals surface area contributed by atoms with Crippen LogP contribution in [0.1, 0.15) is 48.8 Å². The SMILES string of the molecule is CC(C)c1c(C(N)=O)nnn1CC(O)C1CC1. The van der Waals surface area contributed by atoms with Crippen molar-refractivity contribution in [1.29, 1.82) is 0 Å². The molecule has 3 N–H and O–H groups in total. The number of nitrogens with two attached hydrogens (primary N) is 1. The van der Waals surface area contributed by atoms with Gasteiger partial charge in [0.25, 0.3) is 5.91 Å². The molecular weight excluding hydrogens is 220 g/mol. The van der Waals surface area contributed by atoms with Crippen molar-refractivity contribution < 1.29 is 9.90 Å². The summed E-state index contributed by atoms with van der Waals surface area (Å²) in [6.45, 7) is 4.29. The highest BCUT2D eigenvalue weighted by molar-refractivity contribution is 5.91. The summed E-state index contributed by atoms with van der Waals surface area (Å²) < 4.78 is 1.60. The van der Waals surface area contributed by atoms with Gasteiger partial charge >= 0.3 is 0 Å². The maximum atomic E-state index is 11.2. The van der Waals surface area contributed by atoms with Crippen molar-refractivity contribution in [3.05, 3.63) is 11.4 Å². The number of rotatable bonds is 5. The highest BCUT2D eigenvalue weighted by atomic mass is 16.3. The van der Waals surface area contributed by atoms with E-state index in [-0.39, 0.29) is 11.6 Å². The molecule has 1 aliphatic rings. The van der Waals surface area contributed by atoms with Gasteiger partial charge in [-0.25, -0.2) is 4.68 Å². The lowest BCUT2D eigenvalue weighted by molar-refractivity contribution is 0.0993. The van der Waals surface area contributed by atoms with Gasteiger partial charge in [-0.3, -0.25) is 4.79 Å². The highest BCUT2D eigenvalue weighted by Crippen LogP contribution is 2.33. The van der Waals surface area contributed by atoms with Crippen LogP contribution in [0.4, 0.5) is 0 Å². The molecule has 1 atom stereocenters. The molecule has 0 bridgehead atoms. The number of hydrogen-bond donors (Lipinski definition) is 2. The molecule has 6 nitrogen and oxygen atoms in total. The number of hydrogen-bond acceptors (Lipinski definition) is 4. The van der Waals surface area contributed by atoms with Gasteiger partial charge in [0.2, 0.25) is 0 Å². The van der Waals surface area contributed by atoms with E-state index in [1.54, 1.807) is 4.68 Å². The number of primary amides is 1. The zero-order valence-electron chi connectivity index (χ0n) is 10.1. The molecule has 94 valence electrons. The second kappa shape index (κ2) is 4.44. The summed E-state index contributed by atoms with van der Waals surface area (Å²) in [7, 11) is 0. The van der Waals surface area contributed by atoms with Crippen molar-refractivity contribution in [3.63, 3.8) is 0 Å². The minimum Gasteiger partial charge on any atom is -0.391 e. The van der Waals surface area contributed by atoms with Crippen molar-refractivity contribution in [2.75, 3.05) is 0 Å². The van der Waals surface area contributed by atoms with Crippen LogP contribution in [0.15, 0.2) is 0 Å². The Morgan fingerprint density at radius 1 is 1.59 bits per heavy atom. The number of aliphatic hydroxyl groups is 1. The largest absolute Gasteiger partial charge is 0.391 e. The minimum absolute atomic E-state index is 0.0962. The first kappa shape index (κ1) is 12.0. The van der Waals surface area contributed by atoms with Gasteiger partial charge in [-0.2, -0.15) is 0 Å². The minimum atomic E-state index is -0.569. The van der Waals surface area contributed by atoms with Gasteiger partial charge in [-0.15, -0.1) is 5.10 Å². The average Bonchev–Trinajstić information content (AvgIpc) is 2.99. The zero-order chi connectivity index (χ0) is 12.6. The number of aliphatic hydroxyl groups excluding tert-OH is 1. The van der Waals surface area contributed by atoms with Crippen molar-refractivity contribution in [3.8, 4) is 0 Å². The molecule has 6 heteroatoms. The van der Waals surface area contributed by atoms with Gasteiger partial charge in [0.15, 0.2) is 5.69 Å². The third-order valence-corrected chi connectivity index (χ3v) is 3.08. The number of carbonyl (C=O) groups is 1. The maximum Gasteiger partial charge on any atom is 0.271 e. The van der Waals surface area contributed by atoms with Gasteiger partial charge in [-0.1, -0.05) is 19.1 Å².